The van der Waals surface area contributed by atoms with Gasteiger partial charge >= 0.3 is 0 Å². The molecule has 1 aliphatic rings. The first kappa shape index (κ1) is 23.2. The Hall–Kier alpha value is -2.99. The van der Waals surface area contributed by atoms with Gasteiger partial charge in [-0.3, -0.25) is 4.79 Å². The Bertz CT molecular complexity index is 1070. The molecule has 173 valence electrons. The van der Waals surface area contributed by atoms with Crippen molar-refractivity contribution in [3.8, 4) is 17.1 Å². The van der Waals surface area contributed by atoms with Crippen molar-refractivity contribution < 1.29 is 9.53 Å². The zero-order valence-corrected chi connectivity index (χ0v) is 19.6. The van der Waals surface area contributed by atoms with Gasteiger partial charge in [-0.1, -0.05) is 38.0 Å². The molecule has 0 bridgehead atoms. The molecule has 0 saturated heterocycles. The lowest BCUT2D eigenvalue weighted by molar-refractivity contribution is 0.0944. The molecule has 6 heteroatoms. The maximum atomic E-state index is 13.2. The van der Waals surface area contributed by atoms with E-state index in [0.717, 1.165) is 54.4 Å². The minimum Gasteiger partial charge on any atom is -0.476 e. The van der Waals surface area contributed by atoms with Crippen molar-refractivity contribution in [1.29, 1.82) is 0 Å². The van der Waals surface area contributed by atoms with Gasteiger partial charge in [-0.15, -0.1) is 0 Å². The summed E-state index contributed by atoms with van der Waals surface area (Å²) in [7, 11) is 4.01. The van der Waals surface area contributed by atoms with Crippen molar-refractivity contribution in [2.24, 2.45) is 11.8 Å². The molecule has 4 rings (SSSR count). The summed E-state index contributed by atoms with van der Waals surface area (Å²) in [4.78, 5) is 24.5. The molecule has 1 fully saturated rings. The molecule has 0 aliphatic heterocycles. The Morgan fingerprint density at radius 2 is 1.94 bits per heavy atom. The molecule has 0 atom stereocenters. The van der Waals surface area contributed by atoms with Crippen LogP contribution < -0.4 is 10.1 Å². The van der Waals surface area contributed by atoms with Gasteiger partial charge in [0.2, 0.25) is 5.88 Å². The standard InChI is InChI=1S/C27H33N4O2/c1-19-8-10-20(11-9-19)17-29-27(32)23-16-25(30-24-7-5-4-6-22(23)24)21-12-13-26(28-18-21)33-15-14-31(2)3/h4-7,12-13,16,18-20H,1,8-11,14-15,17H2,2-3H3,(H,29,32)/t19-,20-. The second kappa shape index (κ2) is 10.8. The van der Waals surface area contributed by atoms with Crippen LogP contribution in [-0.2, 0) is 0 Å². The summed E-state index contributed by atoms with van der Waals surface area (Å²) in [6, 6.07) is 13.4. The summed E-state index contributed by atoms with van der Waals surface area (Å²) in [6.45, 7) is 6.27. The number of hydrogen-bond donors (Lipinski definition) is 1. The van der Waals surface area contributed by atoms with Crippen molar-refractivity contribution in [2.45, 2.75) is 25.7 Å². The van der Waals surface area contributed by atoms with Crippen LogP contribution in [0.3, 0.4) is 0 Å². The number of carbonyl (C=O) groups excluding carboxylic acids is 1. The second-order valence-corrected chi connectivity index (χ2v) is 9.21. The molecular formula is C27H33N4O2. The highest BCUT2D eigenvalue weighted by molar-refractivity contribution is 6.07. The van der Waals surface area contributed by atoms with E-state index in [1.54, 1.807) is 6.20 Å². The molecule has 1 N–H and O–H groups in total. The molecule has 1 amide bonds. The predicted molar refractivity (Wildman–Crippen MR) is 132 cm³/mol. The number of nitrogens with zero attached hydrogens (tertiary/aromatic N) is 3. The summed E-state index contributed by atoms with van der Waals surface area (Å²) >= 11 is 0. The Labute approximate surface area is 196 Å². The number of ether oxygens (including phenoxy) is 1. The van der Waals surface area contributed by atoms with Crippen LogP contribution in [0.1, 0.15) is 36.0 Å². The van der Waals surface area contributed by atoms with Crippen molar-refractivity contribution in [2.75, 3.05) is 33.8 Å². The van der Waals surface area contributed by atoms with Crippen LogP contribution >= 0.6 is 0 Å². The van der Waals surface area contributed by atoms with E-state index in [0.29, 0.717) is 36.4 Å². The van der Waals surface area contributed by atoms with Gasteiger partial charge in [0.05, 0.1) is 16.8 Å². The SMILES string of the molecule is [CH2][C@H]1CC[C@H](CNC(=O)c2cc(-c3ccc(OCCN(C)C)nc3)nc3ccccc23)CC1. The molecule has 0 spiro atoms. The maximum Gasteiger partial charge on any atom is 0.252 e. The molecule has 1 radical (unpaired) electrons. The smallest absolute Gasteiger partial charge is 0.252 e. The lowest BCUT2D eigenvalue weighted by atomic mass is 9.83. The van der Waals surface area contributed by atoms with Crippen molar-refractivity contribution in [1.82, 2.24) is 20.2 Å². The summed E-state index contributed by atoms with van der Waals surface area (Å²) < 4.78 is 5.69. The number of likely N-dealkylation sites (N-methyl/N-ethyl adjacent to an activating group) is 1. The fourth-order valence-electron chi connectivity index (χ4n) is 4.23. The Morgan fingerprint density at radius 3 is 2.67 bits per heavy atom. The van der Waals surface area contributed by atoms with Gasteiger partial charge in [-0.2, -0.15) is 0 Å². The van der Waals surface area contributed by atoms with Crippen LogP contribution in [0.5, 0.6) is 5.88 Å². The second-order valence-electron chi connectivity index (χ2n) is 9.21. The third-order valence-corrected chi connectivity index (χ3v) is 6.30. The van der Waals surface area contributed by atoms with Gasteiger partial charge in [-0.05, 0) is 57.0 Å². The first-order valence-corrected chi connectivity index (χ1v) is 11.7. The summed E-state index contributed by atoms with van der Waals surface area (Å²) in [5.74, 6) is 1.62. The molecule has 2 aromatic heterocycles. The molecule has 33 heavy (non-hydrogen) atoms. The van der Waals surface area contributed by atoms with Crippen LogP contribution in [0.15, 0.2) is 48.7 Å². The predicted octanol–water partition coefficient (Wildman–Crippen LogP) is 4.61. The average molecular weight is 446 g/mol. The van der Waals surface area contributed by atoms with Gasteiger partial charge < -0.3 is 15.0 Å². The van der Waals surface area contributed by atoms with Crippen LogP contribution in [0.2, 0.25) is 0 Å². The number of carbonyl (C=O) groups is 1. The van der Waals surface area contributed by atoms with E-state index in [1.807, 2.05) is 56.6 Å². The van der Waals surface area contributed by atoms with Crippen molar-refractivity contribution in [3.05, 3.63) is 61.1 Å². The van der Waals surface area contributed by atoms with Crippen LogP contribution in [0, 0.1) is 18.8 Å². The molecule has 1 aliphatic carbocycles. The zero-order chi connectivity index (χ0) is 23.2. The summed E-state index contributed by atoms with van der Waals surface area (Å²) in [5.41, 5.74) is 3.02. The van der Waals surface area contributed by atoms with E-state index in [4.69, 9.17) is 9.72 Å². The van der Waals surface area contributed by atoms with E-state index in [-0.39, 0.29) is 5.91 Å². The van der Waals surface area contributed by atoms with Gasteiger partial charge in [0.15, 0.2) is 0 Å². The highest BCUT2D eigenvalue weighted by Crippen LogP contribution is 2.28. The molecule has 0 unspecified atom stereocenters. The van der Waals surface area contributed by atoms with Crippen LogP contribution in [-0.4, -0.2) is 54.6 Å². The molecule has 2 heterocycles. The minimum atomic E-state index is -0.0526. The number of fused-ring (bicyclic) bond motifs is 1. The quantitative estimate of drug-likeness (QED) is 0.549. The van der Waals surface area contributed by atoms with Gasteiger partial charge in [-0.25, -0.2) is 9.97 Å². The average Bonchev–Trinajstić information content (AvgIpc) is 2.83. The van der Waals surface area contributed by atoms with Crippen LogP contribution in [0.4, 0.5) is 0 Å². The minimum absolute atomic E-state index is 0.0526. The third kappa shape index (κ3) is 6.08. The zero-order valence-electron chi connectivity index (χ0n) is 19.6. The van der Waals surface area contributed by atoms with Crippen molar-refractivity contribution >= 4 is 16.8 Å². The lowest BCUT2D eigenvalue weighted by Gasteiger charge is -2.26. The number of amides is 1. The van der Waals surface area contributed by atoms with Crippen molar-refractivity contribution in [3.63, 3.8) is 0 Å². The Balaban J connectivity index is 1.52. The van der Waals surface area contributed by atoms with Gasteiger partial charge in [0, 0.05) is 36.3 Å². The van der Waals surface area contributed by atoms with E-state index < -0.39 is 0 Å². The number of aromatic nitrogens is 2. The molecule has 1 aromatic carbocycles. The first-order chi connectivity index (χ1) is 16.0. The normalized spacial score (nSPS) is 18.4. The van der Waals surface area contributed by atoms with E-state index in [2.05, 4.69) is 22.1 Å². The highest BCUT2D eigenvalue weighted by atomic mass is 16.5. The maximum absolute atomic E-state index is 13.2. The number of rotatable bonds is 8. The topological polar surface area (TPSA) is 67.3 Å². The summed E-state index contributed by atoms with van der Waals surface area (Å²) in [5, 5.41) is 4.03. The number of nitrogens with one attached hydrogen (secondary N) is 1. The third-order valence-electron chi connectivity index (χ3n) is 6.30. The van der Waals surface area contributed by atoms with Crippen LogP contribution in [0.25, 0.3) is 22.2 Å². The van der Waals surface area contributed by atoms with E-state index >= 15 is 0 Å². The van der Waals surface area contributed by atoms with Gasteiger partial charge in [0.1, 0.15) is 6.61 Å². The summed E-state index contributed by atoms with van der Waals surface area (Å²) in [6.07, 6.45) is 6.30. The largest absolute Gasteiger partial charge is 0.476 e. The monoisotopic (exact) mass is 445 g/mol. The first-order valence-electron chi connectivity index (χ1n) is 11.7. The Morgan fingerprint density at radius 1 is 1.15 bits per heavy atom. The fraction of sp³-hybridized carbons (Fsp3) is 0.407. The highest BCUT2D eigenvalue weighted by Gasteiger charge is 2.20. The number of pyridine rings is 2. The molecule has 1 saturated carbocycles. The number of hydrogen-bond acceptors (Lipinski definition) is 5. The molecule has 3 aromatic rings. The van der Waals surface area contributed by atoms with Gasteiger partial charge in [0.25, 0.3) is 5.91 Å². The lowest BCUT2D eigenvalue weighted by Crippen LogP contribution is -2.31. The Kier molecular flexibility index (Phi) is 7.55. The molecule has 6 nitrogen and oxygen atoms in total. The fourth-order valence-corrected chi connectivity index (χ4v) is 4.23. The molecular weight excluding hydrogens is 412 g/mol. The van der Waals surface area contributed by atoms with E-state index in [1.165, 1.54) is 0 Å². The number of para-hydroxylation sites is 1. The number of benzene rings is 1. The van der Waals surface area contributed by atoms with E-state index in [9.17, 15) is 4.79 Å².